The van der Waals surface area contributed by atoms with Gasteiger partial charge in [0.15, 0.2) is 0 Å². The van der Waals surface area contributed by atoms with Crippen molar-refractivity contribution in [3.63, 3.8) is 0 Å². The molecule has 0 spiro atoms. The van der Waals surface area contributed by atoms with Crippen molar-refractivity contribution in [1.82, 2.24) is 4.98 Å². The summed E-state index contributed by atoms with van der Waals surface area (Å²) < 4.78 is 28.3. The van der Waals surface area contributed by atoms with Gasteiger partial charge < -0.3 is 0 Å². The molecular formula is C19H12BrCl2F2NS. The summed E-state index contributed by atoms with van der Waals surface area (Å²) in [5.41, 5.74) is 1.64. The first-order valence-corrected chi connectivity index (χ1v) is 10.3. The first-order valence-electron chi connectivity index (χ1n) is 7.55. The van der Waals surface area contributed by atoms with Gasteiger partial charge in [-0.1, -0.05) is 39.1 Å². The zero-order valence-corrected chi connectivity index (χ0v) is 17.1. The largest absolute Gasteiger partial charge is 0.259 e. The van der Waals surface area contributed by atoms with Crippen LogP contribution >= 0.6 is 50.9 Å². The van der Waals surface area contributed by atoms with E-state index >= 15 is 0 Å². The highest BCUT2D eigenvalue weighted by Crippen LogP contribution is 2.44. The number of hydrogen-bond donors (Lipinski definition) is 0. The van der Waals surface area contributed by atoms with Crippen LogP contribution in [0.5, 0.6) is 0 Å². The molecule has 1 unspecified atom stereocenters. The van der Waals surface area contributed by atoms with Crippen LogP contribution in [-0.2, 0) is 5.33 Å². The maximum absolute atomic E-state index is 14.5. The van der Waals surface area contributed by atoms with Crippen molar-refractivity contribution in [1.29, 1.82) is 0 Å². The third-order valence-corrected chi connectivity index (χ3v) is 6.10. The molecule has 0 amide bonds. The fourth-order valence-corrected chi connectivity index (χ4v) is 4.34. The smallest absolute Gasteiger partial charge is 0.128 e. The van der Waals surface area contributed by atoms with Gasteiger partial charge in [0.2, 0.25) is 0 Å². The van der Waals surface area contributed by atoms with Gasteiger partial charge >= 0.3 is 0 Å². The molecule has 7 heteroatoms. The maximum atomic E-state index is 14.5. The summed E-state index contributed by atoms with van der Waals surface area (Å²) in [6.07, 6.45) is 1.53. The molecule has 26 heavy (non-hydrogen) atoms. The van der Waals surface area contributed by atoms with E-state index < -0.39 is 16.9 Å². The summed E-state index contributed by atoms with van der Waals surface area (Å²) in [5, 5.41) is 0.984. The fourth-order valence-electron chi connectivity index (χ4n) is 2.43. The average molecular weight is 475 g/mol. The van der Waals surface area contributed by atoms with Crippen molar-refractivity contribution in [2.24, 2.45) is 0 Å². The van der Waals surface area contributed by atoms with Gasteiger partial charge in [-0.25, -0.2) is 8.78 Å². The third kappa shape index (κ3) is 4.58. The lowest BCUT2D eigenvalue weighted by atomic mass is 10.0. The Morgan fingerprint density at radius 2 is 1.73 bits per heavy atom. The molecule has 3 rings (SSSR count). The zero-order chi connectivity index (χ0) is 18.7. The molecule has 1 aromatic heterocycles. The van der Waals surface area contributed by atoms with E-state index in [9.17, 15) is 8.78 Å². The quantitative estimate of drug-likeness (QED) is 0.281. The van der Waals surface area contributed by atoms with Gasteiger partial charge in [0.1, 0.15) is 11.6 Å². The number of aromatic nitrogens is 1. The van der Waals surface area contributed by atoms with Crippen LogP contribution in [0.1, 0.15) is 22.1 Å². The molecule has 0 saturated heterocycles. The molecule has 1 nitrogen and oxygen atoms in total. The number of benzene rings is 2. The van der Waals surface area contributed by atoms with Gasteiger partial charge in [0.05, 0.1) is 16.0 Å². The van der Waals surface area contributed by atoms with Crippen LogP contribution in [0, 0.1) is 11.6 Å². The Hall–Kier alpha value is -1.14. The lowest BCUT2D eigenvalue weighted by molar-refractivity contribution is 0.587. The lowest BCUT2D eigenvalue weighted by Crippen LogP contribution is -2.03. The Kier molecular flexibility index (Phi) is 6.56. The van der Waals surface area contributed by atoms with Crippen molar-refractivity contribution < 1.29 is 8.78 Å². The Labute approximate surface area is 172 Å². The molecule has 0 saturated carbocycles. The standard InChI is InChI=1S/C19H12BrCl2F2NS/c20-9-13-8-15(17(22)10-25-13)19(16-7-12(23)3-6-18(16)24)26-14-4-1-11(21)2-5-14/h1-8,10,19H,9H2. The van der Waals surface area contributed by atoms with Gasteiger partial charge in [-0.2, -0.15) is 0 Å². The monoisotopic (exact) mass is 473 g/mol. The van der Waals surface area contributed by atoms with Crippen LogP contribution in [0.25, 0.3) is 0 Å². The summed E-state index contributed by atoms with van der Waals surface area (Å²) in [4.78, 5) is 5.08. The van der Waals surface area contributed by atoms with Gasteiger partial charge in [-0.15, -0.1) is 11.8 Å². The second-order valence-corrected chi connectivity index (χ2v) is 8.03. The molecule has 1 atom stereocenters. The van der Waals surface area contributed by atoms with Crippen molar-refractivity contribution in [3.8, 4) is 0 Å². The van der Waals surface area contributed by atoms with Gasteiger partial charge in [-0.05, 0) is 54.1 Å². The molecule has 1 heterocycles. The molecule has 3 aromatic rings. The summed E-state index contributed by atoms with van der Waals surface area (Å²) in [6, 6.07) is 12.4. The number of halogens is 5. The summed E-state index contributed by atoms with van der Waals surface area (Å²) in [6.45, 7) is 0. The van der Waals surface area contributed by atoms with E-state index in [1.807, 2.05) is 12.1 Å². The first-order chi connectivity index (χ1) is 12.5. The fraction of sp³-hybridized carbons (Fsp3) is 0.105. The molecule has 0 bridgehead atoms. The van der Waals surface area contributed by atoms with Crippen LogP contribution < -0.4 is 0 Å². The number of alkyl halides is 1. The SMILES string of the molecule is Fc1ccc(F)c(C(Sc2ccc(Cl)cc2)c2cc(CBr)ncc2Cl)c1. The summed E-state index contributed by atoms with van der Waals surface area (Å²) in [7, 11) is 0. The molecular weight excluding hydrogens is 463 g/mol. The van der Waals surface area contributed by atoms with Crippen LogP contribution in [0.3, 0.4) is 0 Å². The Morgan fingerprint density at radius 1 is 1.00 bits per heavy atom. The molecule has 0 fully saturated rings. The molecule has 0 aliphatic carbocycles. The van der Waals surface area contributed by atoms with Crippen molar-refractivity contribution in [3.05, 3.63) is 93.2 Å². The number of thioether (sulfide) groups is 1. The predicted molar refractivity (Wildman–Crippen MR) is 107 cm³/mol. The molecule has 134 valence electrons. The predicted octanol–water partition coefficient (Wildman–Crippen LogP) is 7.44. The third-order valence-electron chi connectivity index (χ3n) is 3.67. The number of hydrogen-bond acceptors (Lipinski definition) is 2. The van der Waals surface area contributed by atoms with Gasteiger partial charge in [0.25, 0.3) is 0 Å². The highest BCUT2D eigenvalue weighted by molar-refractivity contribution is 9.08. The van der Waals surface area contributed by atoms with Crippen molar-refractivity contribution >= 4 is 50.9 Å². The van der Waals surface area contributed by atoms with Crippen LogP contribution in [0.2, 0.25) is 10.0 Å². The molecule has 2 aromatic carbocycles. The number of nitrogens with zero attached hydrogens (tertiary/aromatic N) is 1. The highest BCUT2D eigenvalue weighted by atomic mass is 79.9. The zero-order valence-electron chi connectivity index (χ0n) is 13.2. The van der Waals surface area contributed by atoms with Crippen LogP contribution in [0.4, 0.5) is 8.78 Å². The van der Waals surface area contributed by atoms with Crippen molar-refractivity contribution in [2.75, 3.05) is 0 Å². The van der Waals surface area contributed by atoms with E-state index in [0.29, 0.717) is 20.9 Å². The van der Waals surface area contributed by atoms with Crippen molar-refractivity contribution in [2.45, 2.75) is 15.5 Å². The Balaban J connectivity index is 2.12. The first kappa shape index (κ1) is 19.6. The second kappa shape index (κ2) is 8.70. The van der Waals surface area contributed by atoms with E-state index in [2.05, 4.69) is 20.9 Å². The normalized spacial score (nSPS) is 12.2. The number of rotatable bonds is 5. The average Bonchev–Trinajstić information content (AvgIpc) is 2.64. The van der Waals surface area contributed by atoms with E-state index in [1.165, 1.54) is 24.0 Å². The minimum Gasteiger partial charge on any atom is -0.259 e. The summed E-state index contributed by atoms with van der Waals surface area (Å²) >= 11 is 17.0. The Morgan fingerprint density at radius 3 is 2.42 bits per heavy atom. The van der Waals surface area contributed by atoms with Gasteiger partial charge in [0, 0.05) is 27.0 Å². The Bertz CT molecular complexity index is 922. The number of pyridine rings is 1. The molecule has 0 aliphatic heterocycles. The van der Waals surface area contributed by atoms with E-state index in [4.69, 9.17) is 23.2 Å². The minimum atomic E-state index is -0.542. The van der Waals surface area contributed by atoms with E-state index in [0.717, 1.165) is 22.7 Å². The van der Waals surface area contributed by atoms with Crippen LogP contribution in [0.15, 0.2) is 59.6 Å². The topological polar surface area (TPSA) is 12.9 Å². The van der Waals surface area contributed by atoms with Crippen LogP contribution in [-0.4, -0.2) is 4.98 Å². The molecule has 0 radical (unpaired) electrons. The van der Waals surface area contributed by atoms with E-state index in [-0.39, 0.29) is 5.56 Å². The van der Waals surface area contributed by atoms with Gasteiger partial charge in [-0.3, -0.25) is 4.98 Å². The van der Waals surface area contributed by atoms with E-state index in [1.54, 1.807) is 18.2 Å². The lowest BCUT2D eigenvalue weighted by Gasteiger charge is -2.20. The highest BCUT2D eigenvalue weighted by Gasteiger charge is 2.23. The maximum Gasteiger partial charge on any atom is 0.128 e. The second-order valence-electron chi connectivity index (χ2n) is 5.45. The minimum absolute atomic E-state index is 0.221. The summed E-state index contributed by atoms with van der Waals surface area (Å²) in [5.74, 6) is -1.000. The molecule has 0 aliphatic rings. The molecule has 0 N–H and O–H groups in total.